The molecule has 0 spiro atoms. The number of piperidine rings is 1. The van der Waals surface area contributed by atoms with Gasteiger partial charge in [-0.05, 0) is 32.1 Å². The molecule has 1 rings (SSSR count). The summed E-state index contributed by atoms with van der Waals surface area (Å²) in [5.41, 5.74) is 0. The number of hydrogen-bond donors (Lipinski definition) is 1. The number of carboxylic acid groups (broad SMARTS) is 1. The predicted molar refractivity (Wildman–Crippen MR) is 67.3 cm³/mol. The molecule has 104 valence electrons. The molecule has 1 atom stereocenters. The van der Waals surface area contributed by atoms with Gasteiger partial charge in [0.05, 0.1) is 6.10 Å². The van der Waals surface area contributed by atoms with Crippen LogP contribution >= 0.6 is 0 Å². The van der Waals surface area contributed by atoms with Crippen molar-refractivity contribution in [3.63, 3.8) is 0 Å². The molecule has 1 N–H and O–H groups in total. The minimum Gasteiger partial charge on any atom is -0.481 e. The molecular formula is C13H23NO4. The van der Waals surface area contributed by atoms with Crippen molar-refractivity contribution in [1.29, 1.82) is 0 Å². The van der Waals surface area contributed by atoms with Crippen molar-refractivity contribution in [3.05, 3.63) is 0 Å². The third-order valence-electron chi connectivity index (χ3n) is 3.50. The molecule has 0 bridgehead atoms. The number of rotatable bonds is 6. The predicted octanol–water partition coefficient (Wildman–Crippen LogP) is 1.51. The van der Waals surface area contributed by atoms with E-state index in [0.717, 1.165) is 19.3 Å². The van der Waals surface area contributed by atoms with Gasteiger partial charge in [-0.3, -0.25) is 9.59 Å². The quantitative estimate of drug-likeness (QED) is 0.783. The molecule has 5 nitrogen and oxygen atoms in total. The second-order valence-corrected chi connectivity index (χ2v) is 4.95. The van der Waals surface area contributed by atoms with Crippen LogP contribution in [-0.2, 0) is 14.3 Å². The third kappa shape index (κ3) is 5.04. The Labute approximate surface area is 108 Å². The minimum atomic E-state index is -0.750. The van der Waals surface area contributed by atoms with Crippen LogP contribution in [-0.4, -0.2) is 47.7 Å². The number of nitrogens with zero attached hydrogens (tertiary/aromatic N) is 1. The summed E-state index contributed by atoms with van der Waals surface area (Å²) >= 11 is 0. The molecule has 1 unspecified atom stereocenters. The first-order valence-electron chi connectivity index (χ1n) is 6.64. The fraction of sp³-hybridized carbons (Fsp3) is 0.846. The standard InChI is InChI=1S/C13H23NO4/c1-3-10(2)18-9-12(15)14-6-4-11(5-7-14)8-13(16)17/h10-11H,3-9H2,1-2H3,(H,16,17). The molecule has 0 aromatic rings. The number of amides is 1. The molecule has 0 aromatic carbocycles. The third-order valence-corrected chi connectivity index (χ3v) is 3.50. The molecule has 0 saturated carbocycles. The highest BCUT2D eigenvalue weighted by Crippen LogP contribution is 2.20. The lowest BCUT2D eigenvalue weighted by molar-refractivity contribution is -0.140. The smallest absolute Gasteiger partial charge is 0.303 e. The van der Waals surface area contributed by atoms with Crippen molar-refractivity contribution in [2.45, 2.75) is 45.6 Å². The van der Waals surface area contributed by atoms with Crippen LogP contribution in [0.1, 0.15) is 39.5 Å². The van der Waals surface area contributed by atoms with Crippen LogP contribution in [0.25, 0.3) is 0 Å². The van der Waals surface area contributed by atoms with Crippen molar-refractivity contribution in [1.82, 2.24) is 4.90 Å². The largest absolute Gasteiger partial charge is 0.481 e. The van der Waals surface area contributed by atoms with Gasteiger partial charge < -0.3 is 14.7 Å². The molecule has 1 aliphatic heterocycles. The summed E-state index contributed by atoms with van der Waals surface area (Å²) in [5, 5.41) is 8.71. The van der Waals surface area contributed by atoms with Crippen molar-refractivity contribution in [2.75, 3.05) is 19.7 Å². The van der Waals surface area contributed by atoms with Crippen molar-refractivity contribution >= 4 is 11.9 Å². The normalized spacial score (nSPS) is 18.7. The summed E-state index contributed by atoms with van der Waals surface area (Å²) in [6.45, 7) is 5.42. The Balaban J connectivity index is 2.25. The molecular weight excluding hydrogens is 234 g/mol. The maximum absolute atomic E-state index is 11.8. The van der Waals surface area contributed by atoms with E-state index >= 15 is 0 Å². The van der Waals surface area contributed by atoms with Gasteiger partial charge in [0, 0.05) is 19.5 Å². The fourth-order valence-electron chi connectivity index (χ4n) is 2.06. The summed E-state index contributed by atoms with van der Waals surface area (Å²) in [5.74, 6) is -0.522. The molecule has 1 fully saturated rings. The van der Waals surface area contributed by atoms with E-state index in [1.165, 1.54) is 0 Å². The zero-order valence-corrected chi connectivity index (χ0v) is 11.2. The first kappa shape index (κ1) is 15.0. The van der Waals surface area contributed by atoms with Crippen LogP contribution < -0.4 is 0 Å². The Hall–Kier alpha value is -1.10. The van der Waals surface area contributed by atoms with Crippen molar-refractivity contribution < 1.29 is 19.4 Å². The summed E-state index contributed by atoms with van der Waals surface area (Å²) in [6, 6.07) is 0. The van der Waals surface area contributed by atoms with E-state index in [4.69, 9.17) is 9.84 Å². The second kappa shape index (κ2) is 7.36. The Morgan fingerprint density at radius 2 is 2.00 bits per heavy atom. The molecule has 0 aliphatic carbocycles. The van der Waals surface area contributed by atoms with Crippen molar-refractivity contribution in [2.24, 2.45) is 5.92 Å². The van der Waals surface area contributed by atoms with E-state index in [9.17, 15) is 9.59 Å². The summed E-state index contributed by atoms with van der Waals surface area (Å²) in [4.78, 5) is 24.2. The number of carboxylic acids is 1. The van der Waals surface area contributed by atoms with Gasteiger partial charge >= 0.3 is 5.97 Å². The maximum atomic E-state index is 11.8. The number of likely N-dealkylation sites (tertiary alicyclic amines) is 1. The molecule has 1 aliphatic rings. The van der Waals surface area contributed by atoms with E-state index in [-0.39, 0.29) is 31.0 Å². The van der Waals surface area contributed by atoms with Gasteiger partial charge in [-0.25, -0.2) is 0 Å². The molecule has 1 heterocycles. The number of ether oxygens (including phenoxy) is 1. The summed E-state index contributed by atoms with van der Waals surface area (Å²) < 4.78 is 5.41. The van der Waals surface area contributed by atoms with E-state index in [0.29, 0.717) is 13.1 Å². The van der Waals surface area contributed by atoms with Crippen molar-refractivity contribution in [3.8, 4) is 0 Å². The van der Waals surface area contributed by atoms with Crippen LogP contribution in [0, 0.1) is 5.92 Å². The van der Waals surface area contributed by atoms with Gasteiger partial charge in [0.2, 0.25) is 5.91 Å². The Kier molecular flexibility index (Phi) is 6.12. The number of carbonyl (C=O) groups is 2. The van der Waals surface area contributed by atoms with E-state index in [2.05, 4.69) is 0 Å². The molecule has 5 heteroatoms. The Morgan fingerprint density at radius 3 is 2.50 bits per heavy atom. The molecule has 1 amide bonds. The van der Waals surface area contributed by atoms with Crippen LogP contribution in [0.15, 0.2) is 0 Å². The van der Waals surface area contributed by atoms with E-state index in [1.807, 2.05) is 13.8 Å². The van der Waals surface area contributed by atoms with Crippen LogP contribution in [0.3, 0.4) is 0 Å². The Morgan fingerprint density at radius 1 is 1.39 bits per heavy atom. The fourth-order valence-corrected chi connectivity index (χ4v) is 2.06. The summed E-state index contributed by atoms with van der Waals surface area (Å²) in [6.07, 6.45) is 2.78. The highest BCUT2D eigenvalue weighted by atomic mass is 16.5. The van der Waals surface area contributed by atoms with Gasteiger partial charge in [0.25, 0.3) is 0 Å². The molecule has 0 radical (unpaired) electrons. The van der Waals surface area contributed by atoms with Crippen LogP contribution in [0.2, 0.25) is 0 Å². The lowest BCUT2D eigenvalue weighted by Crippen LogP contribution is -2.41. The SMILES string of the molecule is CCC(C)OCC(=O)N1CCC(CC(=O)O)CC1. The second-order valence-electron chi connectivity index (χ2n) is 4.95. The highest BCUT2D eigenvalue weighted by molar-refractivity contribution is 5.77. The van der Waals surface area contributed by atoms with Gasteiger partial charge in [-0.2, -0.15) is 0 Å². The molecule has 18 heavy (non-hydrogen) atoms. The Bertz CT molecular complexity index is 285. The lowest BCUT2D eigenvalue weighted by Gasteiger charge is -2.31. The zero-order chi connectivity index (χ0) is 13.5. The van der Waals surface area contributed by atoms with E-state index in [1.54, 1.807) is 4.90 Å². The summed E-state index contributed by atoms with van der Waals surface area (Å²) in [7, 11) is 0. The highest BCUT2D eigenvalue weighted by Gasteiger charge is 2.24. The number of carbonyl (C=O) groups excluding carboxylic acids is 1. The number of aliphatic carboxylic acids is 1. The van der Waals surface area contributed by atoms with Crippen LogP contribution in [0.4, 0.5) is 0 Å². The number of hydrogen-bond acceptors (Lipinski definition) is 3. The van der Waals surface area contributed by atoms with E-state index < -0.39 is 5.97 Å². The van der Waals surface area contributed by atoms with Gasteiger partial charge in [-0.1, -0.05) is 6.92 Å². The molecule has 1 saturated heterocycles. The maximum Gasteiger partial charge on any atom is 0.303 e. The average Bonchev–Trinajstić information content (AvgIpc) is 2.35. The lowest BCUT2D eigenvalue weighted by atomic mass is 9.93. The topological polar surface area (TPSA) is 66.8 Å². The van der Waals surface area contributed by atoms with Gasteiger partial charge in [0.15, 0.2) is 0 Å². The molecule has 0 aromatic heterocycles. The first-order chi connectivity index (χ1) is 8.52. The van der Waals surface area contributed by atoms with Gasteiger partial charge in [0.1, 0.15) is 6.61 Å². The zero-order valence-electron chi connectivity index (χ0n) is 11.2. The van der Waals surface area contributed by atoms with Crippen LogP contribution in [0.5, 0.6) is 0 Å². The monoisotopic (exact) mass is 257 g/mol. The minimum absolute atomic E-state index is 0.0177. The van der Waals surface area contributed by atoms with Gasteiger partial charge in [-0.15, -0.1) is 0 Å². The average molecular weight is 257 g/mol. The first-order valence-corrected chi connectivity index (χ1v) is 6.64.